The number of nitrogens with one attached hydrogen (secondary N) is 2. The van der Waals surface area contributed by atoms with E-state index in [4.69, 9.17) is 11.6 Å². The Labute approximate surface area is 138 Å². The van der Waals surface area contributed by atoms with Gasteiger partial charge >= 0.3 is 0 Å². The summed E-state index contributed by atoms with van der Waals surface area (Å²) in [6, 6.07) is 5.02. The van der Waals surface area contributed by atoms with Crippen LogP contribution in [-0.2, 0) is 16.6 Å². The van der Waals surface area contributed by atoms with Gasteiger partial charge in [0.2, 0.25) is 0 Å². The first-order valence-electron chi connectivity index (χ1n) is 6.35. The second-order valence-electron chi connectivity index (χ2n) is 4.69. The Kier molecular flexibility index (Phi) is 5.45. The summed E-state index contributed by atoms with van der Waals surface area (Å²) in [5.41, 5.74) is 0.988. The van der Waals surface area contributed by atoms with Gasteiger partial charge in [-0.1, -0.05) is 11.6 Å². The van der Waals surface area contributed by atoms with Crippen molar-refractivity contribution in [1.82, 2.24) is 10.0 Å². The monoisotopic (exact) mass is 364 g/mol. The third-order valence-electron chi connectivity index (χ3n) is 2.95. The normalized spacial score (nSPS) is 13.5. The van der Waals surface area contributed by atoms with Crippen LogP contribution in [0.15, 0.2) is 22.4 Å². The van der Waals surface area contributed by atoms with E-state index in [1.807, 2.05) is 27.0 Å². The summed E-state index contributed by atoms with van der Waals surface area (Å²) in [6.07, 6.45) is 0. The van der Waals surface area contributed by atoms with Gasteiger partial charge in [0.15, 0.2) is 0 Å². The lowest BCUT2D eigenvalue weighted by Crippen LogP contribution is -2.25. The standard InChI is InChI=1S/C13H17ClN2O2S3/c1-8-6-13(20-11(8)7-15-3)21(17,18)16-9(2)10-4-5-12(14)19-10/h4-6,9,15-16H,7H2,1-3H3. The highest BCUT2D eigenvalue weighted by atomic mass is 35.5. The van der Waals surface area contributed by atoms with E-state index in [9.17, 15) is 8.42 Å². The molecule has 0 fully saturated rings. The number of hydrogen-bond donors (Lipinski definition) is 2. The van der Waals surface area contributed by atoms with Crippen LogP contribution in [0.1, 0.15) is 28.3 Å². The molecule has 2 heterocycles. The minimum Gasteiger partial charge on any atom is -0.315 e. The molecule has 0 bridgehead atoms. The first kappa shape index (κ1) is 16.9. The zero-order chi connectivity index (χ0) is 15.6. The van der Waals surface area contributed by atoms with Crippen LogP contribution in [0.5, 0.6) is 0 Å². The van der Waals surface area contributed by atoms with Crippen LogP contribution in [0.3, 0.4) is 0 Å². The van der Waals surface area contributed by atoms with Gasteiger partial charge < -0.3 is 5.32 Å². The van der Waals surface area contributed by atoms with Gasteiger partial charge in [0.05, 0.1) is 10.4 Å². The summed E-state index contributed by atoms with van der Waals surface area (Å²) in [4.78, 5) is 1.93. The predicted molar refractivity (Wildman–Crippen MR) is 89.9 cm³/mol. The molecule has 21 heavy (non-hydrogen) atoms. The van der Waals surface area contributed by atoms with Crippen LogP contribution >= 0.6 is 34.3 Å². The fourth-order valence-corrected chi connectivity index (χ4v) is 5.85. The highest BCUT2D eigenvalue weighted by Gasteiger charge is 2.22. The van der Waals surface area contributed by atoms with Crippen molar-refractivity contribution in [3.05, 3.63) is 37.9 Å². The second kappa shape index (κ2) is 6.76. The molecule has 116 valence electrons. The van der Waals surface area contributed by atoms with Crippen molar-refractivity contribution >= 4 is 44.3 Å². The molecule has 0 amide bonds. The van der Waals surface area contributed by atoms with Crippen molar-refractivity contribution in [1.29, 1.82) is 0 Å². The number of sulfonamides is 1. The molecule has 0 spiro atoms. The van der Waals surface area contributed by atoms with Crippen LogP contribution in [0.25, 0.3) is 0 Å². The van der Waals surface area contributed by atoms with Gasteiger partial charge in [-0.05, 0) is 44.7 Å². The zero-order valence-electron chi connectivity index (χ0n) is 11.9. The van der Waals surface area contributed by atoms with Crippen LogP contribution in [0, 0.1) is 6.92 Å². The first-order valence-corrected chi connectivity index (χ1v) is 9.84. The van der Waals surface area contributed by atoms with E-state index in [-0.39, 0.29) is 6.04 Å². The summed E-state index contributed by atoms with van der Waals surface area (Å²) in [5.74, 6) is 0. The Morgan fingerprint density at radius 2 is 2.05 bits per heavy atom. The van der Waals surface area contributed by atoms with Crippen molar-refractivity contribution in [2.75, 3.05) is 7.05 Å². The summed E-state index contributed by atoms with van der Waals surface area (Å²) in [6.45, 7) is 4.40. The largest absolute Gasteiger partial charge is 0.315 e. The Bertz CT molecular complexity index is 722. The first-order chi connectivity index (χ1) is 9.83. The summed E-state index contributed by atoms with van der Waals surface area (Å²) >= 11 is 8.57. The number of aryl methyl sites for hydroxylation is 1. The van der Waals surface area contributed by atoms with Gasteiger partial charge in [0.25, 0.3) is 10.0 Å². The van der Waals surface area contributed by atoms with Gasteiger partial charge in [0.1, 0.15) is 4.21 Å². The summed E-state index contributed by atoms with van der Waals surface area (Å²) in [7, 11) is -1.67. The van der Waals surface area contributed by atoms with Crippen molar-refractivity contribution < 1.29 is 8.42 Å². The smallest absolute Gasteiger partial charge is 0.250 e. The number of thiophene rings is 2. The lowest BCUT2D eigenvalue weighted by atomic mass is 10.3. The fourth-order valence-electron chi connectivity index (χ4n) is 1.87. The molecule has 4 nitrogen and oxygen atoms in total. The third kappa shape index (κ3) is 4.06. The molecule has 0 aliphatic carbocycles. The maximum atomic E-state index is 12.4. The van der Waals surface area contributed by atoms with E-state index >= 15 is 0 Å². The van der Waals surface area contributed by atoms with Crippen molar-refractivity contribution in [2.24, 2.45) is 0 Å². The Morgan fingerprint density at radius 3 is 2.62 bits per heavy atom. The summed E-state index contributed by atoms with van der Waals surface area (Å²) < 4.78 is 28.6. The third-order valence-corrected chi connectivity index (χ3v) is 7.62. The van der Waals surface area contributed by atoms with Gasteiger partial charge in [-0.2, -0.15) is 0 Å². The minimum absolute atomic E-state index is 0.303. The number of rotatable bonds is 6. The van der Waals surface area contributed by atoms with Crippen LogP contribution in [-0.4, -0.2) is 15.5 Å². The van der Waals surface area contributed by atoms with Crippen LogP contribution < -0.4 is 10.0 Å². The fraction of sp³-hybridized carbons (Fsp3) is 0.385. The average Bonchev–Trinajstić information content (AvgIpc) is 2.97. The van der Waals surface area contributed by atoms with Crippen LogP contribution in [0.4, 0.5) is 0 Å². The molecular weight excluding hydrogens is 348 g/mol. The maximum Gasteiger partial charge on any atom is 0.250 e. The Morgan fingerprint density at radius 1 is 1.33 bits per heavy atom. The molecule has 1 atom stereocenters. The summed E-state index contributed by atoms with van der Waals surface area (Å²) in [5, 5.41) is 3.04. The SMILES string of the molecule is CNCc1sc(S(=O)(=O)NC(C)c2ccc(Cl)s2)cc1C. The molecular formula is C13H17ClN2O2S3. The van der Waals surface area contributed by atoms with Gasteiger partial charge in [-0.15, -0.1) is 22.7 Å². The van der Waals surface area contributed by atoms with E-state index in [0.717, 1.165) is 15.3 Å². The molecule has 2 rings (SSSR count). The molecule has 0 aliphatic rings. The molecule has 0 radical (unpaired) electrons. The van der Waals surface area contributed by atoms with Crippen molar-refractivity contribution in [3.8, 4) is 0 Å². The highest BCUT2D eigenvalue weighted by molar-refractivity contribution is 7.91. The predicted octanol–water partition coefficient (Wildman–Crippen LogP) is 3.53. The molecule has 2 aromatic heterocycles. The highest BCUT2D eigenvalue weighted by Crippen LogP contribution is 2.30. The number of halogens is 1. The zero-order valence-corrected chi connectivity index (χ0v) is 15.1. The lowest BCUT2D eigenvalue weighted by Gasteiger charge is -2.11. The second-order valence-corrected chi connectivity index (χ2v) is 9.51. The van der Waals surface area contributed by atoms with E-state index in [1.165, 1.54) is 22.7 Å². The Balaban J connectivity index is 2.20. The Hall–Kier alpha value is -0.440. The lowest BCUT2D eigenvalue weighted by molar-refractivity contribution is 0.570. The van der Waals surface area contributed by atoms with E-state index in [2.05, 4.69) is 10.0 Å². The minimum atomic E-state index is -3.51. The molecule has 1 unspecified atom stereocenters. The maximum absolute atomic E-state index is 12.4. The van der Waals surface area contributed by atoms with E-state index in [0.29, 0.717) is 15.1 Å². The number of hydrogen-bond acceptors (Lipinski definition) is 5. The van der Waals surface area contributed by atoms with E-state index in [1.54, 1.807) is 12.1 Å². The molecule has 0 saturated carbocycles. The average molecular weight is 365 g/mol. The van der Waals surface area contributed by atoms with Gasteiger partial charge in [-0.25, -0.2) is 13.1 Å². The van der Waals surface area contributed by atoms with Crippen LogP contribution in [0.2, 0.25) is 4.34 Å². The molecule has 8 heteroatoms. The van der Waals surface area contributed by atoms with Gasteiger partial charge in [0, 0.05) is 16.3 Å². The topological polar surface area (TPSA) is 58.2 Å². The van der Waals surface area contributed by atoms with Crippen molar-refractivity contribution in [2.45, 2.75) is 30.6 Å². The quantitative estimate of drug-likeness (QED) is 0.824. The molecule has 0 saturated heterocycles. The molecule has 0 aliphatic heterocycles. The van der Waals surface area contributed by atoms with Gasteiger partial charge in [-0.3, -0.25) is 0 Å². The molecule has 2 aromatic rings. The molecule has 2 N–H and O–H groups in total. The van der Waals surface area contributed by atoms with E-state index < -0.39 is 10.0 Å². The molecule has 0 aromatic carbocycles. The van der Waals surface area contributed by atoms with Crippen molar-refractivity contribution in [3.63, 3.8) is 0 Å².